The fraction of sp³-hybridized carbons (Fsp3) is 0.421. The average molecular weight is 499 g/mol. The van der Waals surface area contributed by atoms with E-state index in [4.69, 9.17) is 0 Å². The predicted octanol–water partition coefficient (Wildman–Crippen LogP) is 2.76. The van der Waals surface area contributed by atoms with Crippen molar-refractivity contribution in [3.05, 3.63) is 45.9 Å². The number of aliphatic imine (C=N–C) groups is 1. The lowest BCUT2D eigenvalue weighted by Gasteiger charge is -2.29. The zero-order chi connectivity index (χ0) is 18.4. The molecule has 3 rings (SSSR count). The highest BCUT2D eigenvalue weighted by Crippen LogP contribution is 2.26. The van der Waals surface area contributed by atoms with Gasteiger partial charge >= 0.3 is 0 Å². The van der Waals surface area contributed by atoms with Crippen LogP contribution in [-0.2, 0) is 17.6 Å². The number of carbonyl (C=O) groups excluding carboxylic acids is 1. The summed E-state index contributed by atoms with van der Waals surface area (Å²) in [4.78, 5) is 23.2. The second-order valence-electron chi connectivity index (χ2n) is 6.24. The highest BCUT2D eigenvalue weighted by atomic mass is 127. The van der Waals surface area contributed by atoms with E-state index in [-0.39, 0.29) is 36.4 Å². The molecule has 8 heteroatoms. The molecule has 1 aromatic carbocycles. The lowest BCUT2D eigenvalue weighted by atomic mass is 10.0. The molecule has 0 atom stereocenters. The third-order valence-corrected chi connectivity index (χ3v) is 5.20. The molecule has 2 heterocycles. The number of benzene rings is 1. The van der Waals surface area contributed by atoms with Crippen molar-refractivity contribution < 1.29 is 4.79 Å². The molecule has 1 aliphatic heterocycles. The van der Waals surface area contributed by atoms with E-state index in [2.05, 4.69) is 32.1 Å². The van der Waals surface area contributed by atoms with Crippen LogP contribution in [0.3, 0.4) is 0 Å². The van der Waals surface area contributed by atoms with Gasteiger partial charge in [-0.3, -0.25) is 9.79 Å². The molecule has 1 aliphatic rings. The Morgan fingerprint density at radius 1 is 1.33 bits per heavy atom. The van der Waals surface area contributed by atoms with Gasteiger partial charge in [-0.25, -0.2) is 4.98 Å². The summed E-state index contributed by atoms with van der Waals surface area (Å²) in [5.41, 5.74) is 3.36. The number of halogens is 1. The molecule has 146 valence electrons. The fourth-order valence-corrected chi connectivity index (χ4v) is 3.75. The lowest BCUT2D eigenvalue weighted by molar-refractivity contribution is -0.117. The van der Waals surface area contributed by atoms with Crippen LogP contribution >= 0.6 is 35.3 Å². The summed E-state index contributed by atoms with van der Waals surface area (Å²) in [6, 6.07) is 8.14. The van der Waals surface area contributed by atoms with Gasteiger partial charge < -0.3 is 15.5 Å². The van der Waals surface area contributed by atoms with E-state index < -0.39 is 0 Å². The number of nitrogens with zero attached hydrogens (tertiary/aromatic N) is 3. The van der Waals surface area contributed by atoms with Gasteiger partial charge in [0, 0.05) is 37.6 Å². The third-order valence-electron chi connectivity index (χ3n) is 4.38. The van der Waals surface area contributed by atoms with Crippen molar-refractivity contribution in [3.63, 3.8) is 0 Å². The Morgan fingerprint density at radius 3 is 2.89 bits per heavy atom. The highest BCUT2D eigenvalue weighted by molar-refractivity contribution is 14.0. The van der Waals surface area contributed by atoms with Crippen LogP contribution in [0.5, 0.6) is 0 Å². The summed E-state index contributed by atoms with van der Waals surface area (Å²) < 4.78 is 0. The quantitative estimate of drug-likeness (QED) is 0.377. The molecule has 2 N–H and O–H groups in total. The Morgan fingerprint density at radius 2 is 2.15 bits per heavy atom. The number of para-hydroxylation sites is 1. The Labute approximate surface area is 181 Å². The lowest BCUT2D eigenvalue weighted by Crippen LogP contribution is -2.46. The second-order valence-corrected chi connectivity index (χ2v) is 7.30. The number of carbonyl (C=O) groups is 1. The topological polar surface area (TPSA) is 69.6 Å². The fourth-order valence-electron chi connectivity index (χ4n) is 3.10. The molecule has 0 fully saturated rings. The minimum atomic E-state index is 0. The number of thiazole rings is 1. The van der Waals surface area contributed by atoms with Crippen molar-refractivity contribution in [1.29, 1.82) is 0 Å². The van der Waals surface area contributed by atoms with E-state index in [1.165, 1.54) is 5.56 Å². The van der Waals surface area contributed by atoms with Gasteiger partial charge in [0.05, 0.1) is 17.2 Å². The monoisotopic (exact) mass is 499 g/mol. The van der Waals surface area contributed by atoms with Crippen molar-refractivity contribution in [2.75, 3.05) is 31.6 Å². The maximum atomic E-state index is 12.7. The summed E-state index contributed by atoms with van der Waals surface area (Å²) in [5.74, 6) is 0.700. The number of aryl methyl sites for hydroxylation is 2. The van der Waals surface area contributed by atoms with Crippen molar-refractivity contribution in [1.82, 2.24) is 15.6 Å². The molecule has 0 saturated carbocycles. The number of amides is 1. The molecule has 0 saturated heterocycles. The largest absolute Gasteiger partial charge is 0.356 e. The van der Waals surface area contributed by atoms with Crippen LogP contribution < -0.4 is 15.5 Å². The first-order valence-electron chi connectivity index (χ1n) is 8.91. The van der Waals surface area contributed by atoms with Crippen molar-refractivity contribution >= 4 is 52.9 Å². The molecule has 0 unspecified atom stereocenters. The number of fused-ring (bicyclic) bond motifs is 1. The van der Waals surface area contributed by atoms with Gasteiger partial charge in [-0.15, -0.1) is 35.3 Å². The summed E-state index contributed by atoms with van der Waals surface area (Å²) in [7, 11) is 1.71. The van der Waals surface area contributed by atoms with Crippen LogP contribution in [0.2, 0.25) is 0 Å². The molecule has 1 aromatic heterocycles. The summed E-state index contributed by atoms with van der Waals surface area (Å²) in [6.07, 6.45) is 2.87. The Hall–Kier alpha value is -1.68. The molecule has 1 amide bonds. The predicted molar refractivity (Wildman–Crippen MR) is 122 cm³/mol. The molecule has 27 heavy (non-hydrogen) atoms. The van der Waals surface area contributed by atoms with Crippen LogP contribution in [0.15, 0.2) is 34.6 Å². The van der Waals surface area contributed by atoms with Crippen LogP contribution in [0, 0.1) is 6.92 Å². The van der Waals surface area contributed by atoms with Gasteiger partial charge in [-0.2, -0.15) is 0 Å². The van der Waals surface area contributed by atoms with E-state index in [0.717, 1.165) is 48.7 Å². The SMILES string of the molecule is CN=C(NCCc1csc(C)n1)NCC(=O)N1CCCc2ccccc21.I. The standard InChI is InChI=1S/C19H25N5OS.HI/c1-14-23-16(13-26-14)9-10-21-19(20-2)22-12-18(25)24-11-5-7-15-6-3-4-8-17(15)24;/h3-4,6,8,13H,5,7,9-12H2,1-2H3,(H2,20,21,22);1H. The third kappa shape index (κ3) is 5.90. The van der Waals surface area contributed by atoms with Gasteiger partial charge in [0.2, 0.25) is 5.91 Å². The number of guanidine groups is 1. The van der Waals surface area contributed by atoms with Crippen LogP contribution in [-0.4, -0.2) is 43.5 Å². The summed E-state index contributed by atoms with van der Waals surface area (Å²) in [6.45, 7) is 3.73. The molecular weight excluding hydrogens is 473 g/mol. The average Bonchev–Trinajstić information content (AvgIpc) is 3.08. The van der Waals surface area contributed by atoms with Gasteiger partial charge in [-0.1, -0.05) is 18.2 Å². The molecular formula is C19H26IN5OS. The van der Waals surface area contributed by atoms with Gasteiger partial charge in [0.1, 0.15) is 0 Å². The summed E-state index contributed by atoms with van der Waals surface area (Å²) in [5, 5.41) is 9.51. The van der Waals surface area contributed by atoms with Crippen LogP contribution in [0.1, 0.15) is 22.7 Å². The molecule has 0 aliphatic carbocycles. The minimum absolute atomic E-state index is 0. The normalized spacial score (nSPS) is 13.6. The maximum absolute atomic E-state index is 12.7. The number of anilines is 1. The highest BCUT2D eigenvalue weighted by Gasteiger charge is 2.21. The minimum Gasteiger partial charge on any atom is -0.356 e. The first kappa shape index (κ1) is 21.6. The number of rotatable bonds is 5. The first-order valence-corrected chi connectivity index (χ1v) is 9.79. The van der Waals surface area contributed by atoms with E-state index in [1.54, 1.807) is 18.4 Å². The zero-order valence-corrected chi connectivity index (χ0v) is 18.8. The zero-order valence-electron chi connectivity index (χ0n) is 15.7. The molecule has 6 nitrogen and oxygen atoms in total. The van der Waals surface area contributed by atoms with Crippen molar-refractivity contribution in [2.45, 2.75) is 26.2 Å². The molecule has 2 aromatic rings. The van der Waals surface area contributed by atoms with Crippen LogP contribution in [0.25, 0.3) is 0 Å². The first-order chi connectivity index (χ1) is 12.7. The Kier molecular flexibility index (Phi) is 8.49. The van der Waals surface area contributed by atoms with Gasteiger partial charge in [0.15, 0.2) is 5.96 Å². The molecule has 0 radical (unpaired) electrons. The number of hydrogen-bond donors (Lipinski definition) is 2. The number of aromatic nitrogens is 1. The van der Waals surface area contributed by atoms with E-state index in [1.807, 2.05) is 30.0 Å². The second kappa shape index (κ2) is 10.6. The molecule has 0 bridgehead atoms. The summed E-state index contributed by atoms with van der Waals surface area (Å²) >= 11 is 1.66. The Balaban J connectivity index is 0.00000261. The maximum Gasteiger partial charge on any atom is 0.246 e. The number of hydrogen-bond acceptors (Lipinski definition) is 4. The smallest absolute Gasteiger partial charge is 0.246 e. The van der Waals surface area contributed by atoms with E-state index in [9.17, 15) is 4.79 Å². The molecule has 0 spiro atoms. The van der Waals surface area contributed by atoms with Crippen LogP contribution in [0.4, 0.5) is 5.69 Å². The number of nitrogens with one attached hydrogen (secondary N) is 2. The van der Waals surface area contributed by atoms with E-state index >= 15 is 0 Å². The van der Waals surface area contributed by atoms with Gasteiger partial charge in [-0.05, 0) is 31.4 Å². The van der Waals surface area contributed by atoms with Crippen molar-refractivity contribution in [2.24, 2.45) is 4.99 Å². The van der Waals surface area contributed by atoms with E-state index in [0.29, 0.717) is 5.96 Å². The van der Waals surface area contributed by atoms with Gasteiger partial charge in [0.25, 0.3) is 0 Å². The Bertz CT molecular complexity index is 792. The van der Waals surface area contributed by atoms with Crippen molar-refractivity contribution in [3.8, 4) is 0 Å².